The molecule has 0 saturated carbocycles. The Kier molecular flexibility index (Phi) is 13.5. The van der Waals surface area contributed by atoms with Crippen molar-refractivity contribution in [2.75, 3.05) is 6.61 Å². The predicted octanol–water partition coefficient (Wildman–Crippen LogP) is 8.39. The van der Waals surface area contributed by atoms with Gasteiger partial charge in [-0.15, -0.1) is 0 Å². The molecule has 0 heterocycles. The lowest BCUT2D eigenvalue weighted by atomic mass is 10.0. The van der Waals surface area contributed by atoms with Crippen molar-refractivity contribution < 1.29 is 19.6 Å². The zero-order valence-corrected chi connectivity index (χ0v) is 21.2. The van der Waals surface area contributed by atoms with E-state index in [1.165, 1.54) is 76.7 Å². The summed E-state index contributed by atoms with van der Waals surface area (Å²) in [5.74, 6) is -0.794. The number of hydrogen-bond acceptors (Lipinski definition) is 5. The summed E-state index contributed by atoms with van der Waals surface area (Å²) in [6.45, 7) is 2.59. The number of carbonyl (C=O) groups excluding carboxylic acids is 1. The lowest BCUT2D eigenvalue weighted by molar-refractivity contribution is -0.385. The Balaban J connectivity index is 1.66. The third kappa shape index (κ3) is 10.5. The highest BCUT2D eigenvalue weighted by atomic mass is 16.6. The quantitative estimate of drug-likeness (QED) is 0.0937. The van der Waals surface area contributed by atoms with Gasteiger partial charge in [-0.3, -0.25) is 14.9 Å². The van der Waals surface area contributed by atoms with Crippen molar-refractivity contribution in [2.45, 2.75) is 96.8 Å². The summed E-state index contributed by atoms with van der Waals surface area (Å²) >= 11 is 0. The van der Waals surface area contributed by atoms with Crippen LogP contribution in [-0.2, 0) is 0 Å². The highest BCUT2D eigenvalue weighted by Gasteiger charge is 2.23. The van der Waals surface area contributed by atoms with Crippen molar-refractivity contribution in [3.05, 3.63) is 63.7 Å². The van der Waals surface area contributed by atoms with Crippen LogP contribution in [0.4, 0.5) is 5.69 Å². The topological polar surface area (TPSA) is 89.7 Å². The molecule has 0 bridgehead atoms. The minimum absolute atomic E-state index is 0.00759. The molecule has 0 fully saturated rings. The molecule has 1 N–H and O–H groups in total. The Morgan fingerprint density at radius 3 is 1.86 bits per heavy atom. The molecule has 0 aliphatic heterocycles. The summed E-state index contributed by atoms with van der Waals surface area (Å²) in [4.78, 5) is 23.6. The number of hydrogen-bond donors (Lipinski definition) is 1. The molecular weight excluding hydrogens is 442 g/mol. The average Bonchev–Trinajstić information content (AvgIpc) is 2.86. The molecule has 0 spiro atoms. The molecule has 6 heteroatoms. The number of nitro benzene ring substituents is 1. The normalized spacial score (nSPS) is 10.9. The van der Waals surface area contributed by atoms with Gasteiger partial charge in [-0.05, 0) is 6.42 Å². The van der Waals surface area contributed by atoms with E-state index in [0.29, 0.717) is 12.2 Å². The average molecular weight is 484 g/mol. The smallest absolute Gasteiger partial charge is 0.311 e. The summed E-state index contributed by atoms with van der Waals surface area (Å²) in [7, 11) is 0. The van der Waals surface area contributed by atoms with Crippen LogP contribution in [0.3, 0.4) is 0 Å². The van der Waals surface area contributed by atoms with Crippen LogP contribution < -0.4 is 4.74 Å². The number of rotatable bonds is 19. The van der Waals surface area contributed by atoms with E-state index in [0.717, 1.165) is 25.3 Å². The molecule has 0 aliphatic rings. The first kappa shape index (κ1) is 28.3. The molecule has 0 saturated heterocycles. The Morgan fingerprint density at radius 1 is 0.829 bits per heavy atom. The van der Waals surface area contributed by atoms with Gasteiger partial charge in [0.25, 0.3) is 0 Å². The van der Waals surface area contributed by atoms with Crippen LogP contribution in [0.1, 0.15) is 113 Å². The summed E-state index contributed by atoms with van der Waals surface area (Å²) in [6, 6.07) is 10.7. The van der Waals surface area contributed by atoms with Gasteiger partial charge < -0.3 is 9.84 Å². The second-order valence-electron chi connectivity index (χ2n) is 9.23. The Hall–Kier alpha value is -2.89. The molecule has 0 aromatic heterocycles. The number of ether oxygens (including phenoxy) is 1. The van der Waals surface area contributed by atoms with Gasteiger partial charge in [0.2, 0.25) is 5.75 Å². The molecular formula is C29H41NO5. The fourth-order valence-corrected chi connectivity index (χ4v) is 4.22. The van der Waals surface area contributed by atoms with E-state index in [1.54, 1.807) is 30.3 Å². The summed E-state index contributed by atoms with van der Waals surface area (Å²) < 4.78 is 5.61. The number of phenolic OH excluding ortho intramolecular Hbond substituents is 1. The molecule has 35 heavy (non-hydrogen) atoms. The molecule has 6 nitrogen and oxygen atoms in total. The van der Waals surface area contributed by atoms with Crippen LogP contribution >= 0.6 is 0 Å². The minimum atomic E-state index is -0.582. The van der Waals surface area contributed by atoms with E-state index in [-0.39, 0.29) is 22.7 Å². The largest absolute Gasteiger partial charge is 0.507 e. The molecule has 2 aromatic rings. The van der Waals surface area contributed by atoms with Crippen molar-refractivity contribution in [3.8, 4) is 11.5 Å². The number of carbonyl (C=O) groups is 1. The van der Waals surface area contributed by atoms with E-state index in [9.17, 15) is 20.0 Å². The third-order valence-electron chi connectivity index (χ3n) is 6.31. The fraction of sp³-hybridized carbons (Fsp3) is 0.552. The lowest BCUT2D eigenvalue weighted by Gasteiger charge is -2.10. The van der Waals surface area contributed by atoms with Gasteiger partial charge in [0, 0.05) is 17.7 Å². The highest BCUT2D eigenvalue weighted by Crippen LogP contribution is 2.35. The molecule has 0 amide bonds. The number of nitro groups is 1. The van der Waals surface area contributed by atoms with E-state index in [1.807, 2.05) is 0 Å². The van der Waals surface area contributed by atoms with Crippen LogP contribution in [0.5, 0.6) is 11.5 Å². The number of aromatic hydroxyl groups is 1. The first-order valence-corrected chi connectivity index (χ1v) is 13.3. The van der Waals surface area contributed by atoms with Crippen LogP contribution in [0.2, 0.25) is 0 Å². The number of phenols is 1. The van der Waals surface area contributed by atoms with Crippen molar-refractivity contribution in [3.63, 3.8) is 0 Å². The van der Waals surface area contributed by atoms with Crippen molar-refractivity contribution in [2.24, 2.45) is 0 Å². The maximum absolute atomic E-state index is 12.6. The number of unbranched alkanes of at least 4 members (excludes halogenated alkanes) is 13. The summed E-state index contributed by atoms with van der Waals surface area (Å²) in [5.41, 5.74) is -0.0626. The molecule has 2 aromatic carbocycles. The first-order chi connectivity index (χ1) is 17.0. The molecule has 192 valence electrons. The van der Waals surface area contributed by atoms with Crippen LogP contribution in [-0.4, -0.2) is 22.4 Å². The Bertz CT molecular complexity index is 897. The maximum Gasteiger partial charge on any atom is 0.311 e. The summed E-state index contributed by atoms with van der Waals surface area (Å²) in [6.07, 6.45) is 17.5. The van der Waals surface area contributed by atoms with Gasteiger partial charge in [-0.25, -0.2) is 0 Å². The molecule has 0 unspecified atom stereocenters. The Labute approximate surface area is 209 Å². The van der Waals surface area contributed by atoms with Gasteiger partial charge >= 0.3 is 5.69 Å². The SMILES string of the molecule is CCCCCCCCCCCCCCCCOc1cc(O)c(C(=O)c2ccccc2)cc1[N+](=O)[O-]. The van der Waals surface area contributed by atoms with E-state index < -0.39 is 10.7 Å². The van der Waals surface area contributed by atoms with Gasteiger partial charge in [-0.1, -0.05) is 121 Å². The molecule has 2 rings (SSSR count). The fourth-order valence-electron chi connectivity index (χ4n) is 4.22. The second kappa shape index (κ2) is 16.7. The highest BCUT2D eigenvalue weighted by molar-refractivity contribution is 6.11. The predicted molar refractivity (Wildman–Crippen MR) is 140 cm³/mol. The molecule has 0 atom stereocenters. The molecule has 0 aliphatic carbocycles. The number of ketones is 1. The third-order valence-corrected chi connectivity index (χ3v) is 6.31. The first-order valence-electron chi connectivity index (χ1n) is 13.3. The van der Waals surface area contributed by atoms with Crippen LogP contribution in [0.25, 0.3) is 0 Å². The van der Waals surface area contributed by atoms with Gasteiger partial charge in [0.15, 0.2) is 5.78 Å². The van der Waals surface area contributed by atoms with E-state index in [2.05, 4.69) is 6.92 Å². The summed E-state index contributed by atoms with van der Waals surface area (Å²) in [5, 5.41) is 21.9. The van der Waals surface area contributed by atoms with Crippen molar-refractivity contribution in [1.82, 2.24) is 0 Å². The van der Waals surface area contributed by atoms with Crippen LogP contribution in [0.15, 0.2) is 42.5 Å². The zero-order chi connectivity index (χ0) is 25.3. The van der Waals surface area contributed by atoms with Gasteiger partial charge in [0.1, 0.15) is 5.75 Å². The second-order valence-corrected chi connectivity index (χ2v) is 9.23. The monoisotopic (exact) mass is 483 g/mol. The lowest BCUT2D eigenvalue weighted by Crippen LogP contribution is -2.05. The van der Waals surface area contributed by atoms with Gasteiger partial charge in [0.05, 0.1) is 17.1 Å². The molecule has 0 radical (unpaired) electrons. The van der Waals surface area contributed by atoms with Crippen molar-refractivity contribution >= 4 is 11.5 Å². The van der Waals surface area contributed by atoms with Crippen LogP contribution in [0, 0.1) is 10.1 Å². The van der Waals surface area contributed by atoms with E-state index in [4.69, 9.17) is 4.74 Å². The standard InChI is InChI=1S/C29H41NO5/c1-2-3-4-5-6-7-8-9-10-11-12-13-14-18-21-35-28-23-27(31)25(22-26(28)30(33)34)29(32)24-19-16-15-17-20-24/h15-17,19-20,22-23,31H,2-14,18,21H2,1H3. The van der Waals surface area contributed by atoms with Gasteiger partial charge in [-0.2, -0.15) is 0 Å². The number of nitrogens with zero attached hydrogens (tertiary/aromatic N) is 1. The van der Waals surface area contributed by atoms with Crippen molar-refractivity contribution in [1.29, 1.82) is 0 Å². The van der Waals surface area contributed by atoms with E-state index >= 15 is 0 Å². The number of benzene rings is 2. The minimum Gasteiger partial charge on any atom is -0.507 e. The maximum atomic E-state index is 12.6. The Morgan fingerprint density at radius 2 is 1.34 bits per heavy atom. The zero-order valence-electron chi connectivity index (χ0n) is 21.2.